The number of aromatic nitrogens is 2. The average Bonchev–Trinajstić information content (AvgIpc) is 0.702. The van der Waals surface area contributed by atoms with Gasteiger partial charge in [-0.05, 0) is 91.7 Å². The summed E-state index contributed by atoms with van der Waals surface area (Å²) < 4.78 is 46.6. The largest absolute Gasteiger partial charge is 0.504 e. The summed E-state index contributed by atoms with van der Waals surface area (Å²) in [5, 5.41) is 90.9. The van der Waals surface area contributed by atoms with Gasteiger partial charge in [0.25, 0.3) is 16.9 Å². The number of phenols is 4. The van der Waals surface area contributed by atoms with Crippen molar-refractivity contribution in [2.24, 2.45) is 0 Å². The first-order chi connectivity index (χ1) is 49.9. The maximum Gasteiger partial charge on any atom is 0.291 e. The number of methoxy groups -OCH3 is 8. The summed E-state index contributed by atoms with van der Waals surface area (Å²) in [5.41, 5.74) is 10.1. The van der Waals surface area contributed by atoms with E-state index in [2.05, 4.69) is 52.3 Å². The number of aromatic hydroxyl groups is 4. The Bertz CT molecular complexity index is 4580. The van der Waals surface area contributed by atoms with Crippen LogP contribution in [0.3, 0.4) is 0 Å². The second-order valence-electron chi connectivity index (χ2n) is 26.5. The zero-order valence-electron chi connectivity index (χ0n) is 60.4. The van der Waals surface area contributed by atoms with E-state index >= 15 is 0 Å². The van der Waals surface area contributed by atoms with Gasteiger partial charge in [-0.1, -0.05) is 48.5 Å². The van der Waals surface area contributed by atoms with Crippen molar-refractivity contribution in [3.63, 3.8) is 0 Å². The summed E-state index contributed by atoms with van der Waals surface area (Å²) in [5.74, 6) is 2.72. The van der Waals surface area contributed by atoms with Crippen LogP contribution in [0, 0.1) is 60.5 Å². The third kappa shape index (κ3) is 12.4. The topological polar surface area (TPSA) is 363 Å². The summed E-state index contributed by atoms with van der Waals surface area (Å²) in [7, 11) is 16.3. The fourth-order valence-corrected chi connectivity index (χ4v) is 17.8. The molecule has 1 radical (unpaired) electrons. The second kappa shape index (κ2) is 30.3. The number of pyridine rings is 2. The normalized spacial score (nSPS) is 21.6. The number of carbonyl (C=O) groups is 2. The SMILES string of the molecule is COc1c(C)c(OC)c2c(c1O)[C@@H]1[C@@H]3Cc4c(OC)c(C)c(OC)c(O)c4[C@H](CNC(=O)c4ccc5ccccc5n4)N3[C@@H](C#N)[C@H](C2)N1C.COc1c(C)c(OC)c2c(c1O)[C@@H]1[C@@H]3Cc4c(OC)c(C)c(OC)c(O)c4[C@H](CNC(=O)c4ccc5ccccc5n4)N3[C@@H](C#N)[C@H](C2)N1C.O=[N+]([O-])O.[Ag]. The molecule has 0 saturated carbocycles. The monoisotopic (exact) mass is 1530 g/mol. The predicted molar refractivity (Wildman–Crippen MR) is 380 cm³/mol. The van der Waals surface area contributed by atoms with Crippen LogP contribution in [-0.2, 0) is 48.1 Å². The van der Waals surface area contributed by atoms with Crippen LogP contribution in [0.25, 0.3) is 21.8 Å². The van der Waals surface area contributed by atoms with E-state index in [9.17, 15) is 40.5 Å². The molecule has 2 aromatic heterocycles. The number of nitrogens with one attached hydrogen (secondary N) is 2. The zero-order valence-corrected chi connectivity index (χ0v) is 61.9. The fourth-order valence-electron chi connectivity index (χ4n) is 17.8. The van der Waals surface area contributed by atoms with Crippen LogP contribution < -0.4 is 48.5 Å². The van der Waals surface area contributed by atoms with Crippen molar-refractivity contribution in [1.29, 1.82) is 10.5 Å². The minimum Gasteiger partial charge on any atom is -0.504 e. The molecule has 7 N–H and O–H groups in total. The van der Waals surface area contributed by atoms with Gasteiger partial charge in [0.1, 0.15) is 46.5 Å². The maximum absolute atomic E-state index is 13.7. The Hall–Kier alpha value is -10.6. The van der Waals surface area contributed by atoms with Gasteiger partial charge in [-0.15, -0.1) is 10.1 Å². The molecule has 2 saturated heterocycles. The van der Waals surface area contributed by atoms with Crippen LogP contribution in [0.2, 0.25) is 0 Å². The van der Waals surface area contributed by atoms with Crippen LogP contribution in [0.4, 0.5) is 0 Å². The van der Waals surface area contributed by atoms with Gasteiger partial charge < -0.3 is 74.2 Å². The van der Waals surface area contributed by atoms with Crippen LogP contribution in [0.15, 0.2) is 72.8 Å². The number of amides is 2. The molecular weight excluding hydrogens is 1450 g/mol. The van der Waals surface area contributed by atoms with Crippen molar-refractivity contribution in [3.8, 4) is 81.1 Å². The number of hydrogen-bond donors (Lipinski definition) is 7. The standard InChI is InChI=1S/2C38H41N5O7.Ag.HNO3/c2*1-18-34(47-4)21-15-26-31-30-22(35(48-5)19(2)37(50-7)33(30)45)14-25(42(31)3)27(16-39)43(26)28(29(21)32(44)36(18)49-6)17-40-38(46)24-13-12-20-10-8-9-11-23(20)41-24;;2-1(3)4/h2*8-13,25-28,31,44-45H,14-15,17H2,1-7H3,(H,40,46);;(H,2,3,4)/t2*25-,26-,27-,28-,31-;;/m00../s1. The van der Waals surface area contributed by atoms with E-state index in [0.29, 0.717) is 116 Å². The van der Waals surface area contributed by atoms with Crippen molar-refractivity contribution in [3.05, 3.63) is 161 Å². The number of ether oxygens (including phenoxy) is 8. The summed E-state index contributed by atoms with van der Waals surface area (Å²) in [4.78, 5) is 53.5. The molecule has 6 aliphatic heterocycles. The fraction of sp³-hybridized carbons (Fsp3) is 0.395. The third-order valence-electron chi connectivity index (χ3n) is 21.9. The number of nitrogens with zero attached hydrogens (tertiary/aromatic N) is 9. The van der Waals surface area contributed by atoms with Crippen molar-refractivity contribution in [2.75, 3.05) is 84.1 Å². The molecule has 6 aliphatic rings. The Kier molecular flexibility index (Phi) is 21.8. The van der Waals surface area contributed by atoms with Gasteiger partial charge in [0, 0.05) is 137 Å². The molecular formula is C76H83AgN11O17. The molecule has 4 bridgehead atoms. The molecule has 105 heavy (non-hydrogen) atoms. The Labute approximate surface area is 621 Å². The number of likely N-dealkylation sites (N-methyl/N-ethyl adjacent to an activating group) is 2. The first-order valence-electron chi connectivity index (χ1n) is 33.7. The molecule has 29 heteroatoms. The van der Waals surface area contributed by atoms with Crippen molar-refractivity contribution in [1.82, 2.24) is 40.2 Å². The molecule has 8 aromatic rings. The molecule has 2 amide bonds. The van der Waals surface area contributed by atoms with Gasteiger partial charge in [-0.25, -0.2) is 9.97 Å². The van der Waals surface area contributed by atoms with E-state index in [4.69, 9.17) is 53.2 Å². The summed E-state index contributed by atoms with van der Waals surface area (Å²) in [6, 6.07) is 22.4. The summed E-state index contributed by atoms with van der Waals surface area (Å²) >= 11 is 0. The van der Waals surface area contributed by atoms with Crippen molar-refractivity contribution in [2.45, 2.75) is 114 Å². The van der Waals surface area contributed by atoms with E-state index in [-0.39, 0.29) is 105 Å². The average molecular weight is 1530 g/mol. The maximum atomic E-state index is 13.7. The number of benzene rings is 6. The number of fused-ring (bicyclic) bond motifs is 16. The zero-order chi connectivity index (χ0) is 74.8. The first kappa shape index (κ1) is 75.6. The molecule has 28 nitrogen and oxygen atoms in total. The quantitative estimate of drug-likeness (QED) is 0.0304. The number of hydrogen-bond acceptors (Lipinski definition) is 24. The molecule has 14 rings (SSSR count). The molecule has 6 aromatic carbocycles. The van der Waals surface area contributed by atoms with Gasteiger partial charge in [0.2, 0.25) is 0 Å². The predicted octanol–water partition coefficient (Wildman–Crippen LogP) is 8.65. The minimum absolute atomic E-state index is 0. The number of rotatable bonds is 14. The Balaban J connectivity index is 0.000000198. The van der Waals surface area contributed by atoms with E-state index in [1.807, 2.05) is 102 Å². The second-order valence-corrected chi connectivity index (χ2v) is 26.5. The minimum atomic E-state index is -1.50. The van der Waals surface area contributed by atoms with Gasteiger partial charge in [0.15, 0.2) is 46.0 Å². The van der Waals surface area contributed by atoms with Gasteiger partial charge >= 0.3 is 0 Å². The van der Waals surface area contributed by atoms with Gasteiger partial charge in [0.05, 0.1) is 104 Å². The first-order valence-corrected chi connectivity index (χ1v) is 33.7. The molecule has 0 aliphatic carbocycles. The van der Waals surface area contributed by atoms with Crippen LogP contribution in [0.5, 0.6) is 69.0 Å². The Morgan fingerprint density at radius 1 is 0.486 bits per heavy atom. The number of carbonyl (C=O) groups excluding carboxylic acids is 2. The van der Waals surface area contributed by atoms with Crippen LogP contribution in [-0.4, -0.2) is 192 Å². The molecule has 2 fully saturated rings. The van der Waals surface area contributed by atoms with E-state index in [1.54, 1.807) is 40.6 Å². The Morgan fingerprint density at radius 2 is 0.762 bits per heavy atom. The molecule has 8 heterocycles. The van der Waals surface area contributed by atoms with Crippen LogP contribution >= 0.6 is 0 Å². The van der Waals surface area contributed by atoms with E-state index in [0.717, 1.165) is 33.0 Å². The summed E-state index contributed by atoms with van der Waals surface area (Å²) in [6.45, 7) is 7.44. The van der Waals surface area contributed by atoms with Gasteiger partial charge in [-0.2, -0.15) is 10.5 Å². The van der Waals surface area contributed by atoms with E-state index < -0.39 is 53.4 Å². The molecule has 0 spiro atoms. The molecule has 10 atom stereocenters. The number of piperazine rings is 2. The molecule has 555 valence electrons. The number of para-hydroxylation sites is 2. The smallest absolute Gasteiger partial charge is 0.291 e. The van der Waals surface area contributed by atoms with Crippen molar-refractivity contribution >= 4 is 33.6 Å². The van der Waals surface area contributed by atoms with Gasteiger partial charge in [-0.3, -0.25) is 29.2 Å². The summed E-state index contributed by atoms with van der Waals surface area (Å²) in [6.07, 6.45) is 1.57. The Morgan fingerprint density at radius 3 is 1.06 bits per heavy atom. The van der Waals surface area contributed by atoms with Crippen LogP contribution in [0.1, 0.15) is 112 Å². The van der Waals surface area contributed by atoms with Crippen molar-refractivity contribution < 1.29 is 101 Å². The third-order valence-corrected chi connectivity index (χ3v) is 21.9. The number of nitriles is 2. The molecule has 0 unspecified atom stereocenters. The van der Waals surface area contributed by atoms with E-state index in [1.165, 1.54) is 28.4 Å². The number of phenolic OH excluding ortho intramolecular Hbond substituents is 4.